The molecule has 1 aromatic carbocycles. The molecule has 1 rings (SSSR count). The number of methoxy groups -OCH3 is 1. The van der Waals surface area contributed by atoms with E-state index in [1.165, 1.54) is 0 Å². The van der Waals surface area contributed by atoms with Crippen LogP contribution in [0.2, 0.25) is 0 Å². The zero-order valence-electron chi connectivity index (χ0n) is 8.91. The summed E-state index contributed by atoms with van der Waals surface area (Å²) in [6.07, 6.45) is 0. The molecule has 0 radical (unpaired) electrons. The number of benzene rings is 1. The standard InChI is InChI=1S/C11H17NO2/c1-8(2)7-14-11-6-9(12)4-5-10(11)13-3/h4-6,8H,7,12H2,1-3H3. The molecule has 2 N–H and O–H groups in total. The molecule has 0 fully saturated rings. The molecule has 0 aromatic heterocycles. The molecule has 0 saturated carbocycles. The summed E-state index contributed by atoms with van der Waals surface area (Å²) in [5.74, 6) is 1.92. The van der Waals surface area contributed by atoms with Gasteiger partial charge in [-0.2, -0.15) is 0 Å². The van der Waals surface area contributed by atoms with Crippen LogP contribution in [-0.2, 0) is 0 Å². The quantitative estimate of drug-likeness (QED) is 0.750. The largest absolute Gasteiger partial charge is 0.493 e. The summed E-state index contributed by atoms with van der Waals surface area (Å²) < 4.78 is 10.7. The maximum atomic E-state index is 5.65. The smallest absolute Gasteiger partial charge is 0.163 e. The van der Waals surface area contributed by atoms with E-state index in [9.17, 15) is 0 Å². The van der Waals surface area contributed by atoms with Crippen molar-refractivity contribution in [2.24, 2.45) is 5.92 Å². The fourth-order valence-corrected chi connectivity index (χ4v) is 1.06. The van der Waals surface area contributed by atoms with Gasteiger partial charge in [-0.3, -0.25) is 0 Å². The van der Waals surface area contributed by atoms with E-state index in [0.29, 0.717) is 24.0 Å². The number of nitrogen functional groups attached to an aromatic ring is 1. The van der Waals surface area contributed by atoms with Gasteiger partial charge in [0.15, 0.2) is 11.5 Å². The van der Waals surface area contributed by atoms with Crippen LogP contribution < -0.4 is 15.2 Å². The third-order valence-corrected chi connectivity index (χ3v) is 1.76. The average Bonchev–Trinajstić information content (AvgIpc) is 2.15. The Hall–Kier alpha value is -1.38. The van der Waals surface area contributed by atoms with Crippen LogP contribution in [0.5, 0.6) is 11.5 Å². The molecule has 0 saturated heterocycles. The number of hydrogen-bond acceptors (Lipinski definition) is 3. The van der Waals surface area contributed by atoms with Gasteiger partial charge in [-0.25, -0.2) is 0 Å². The number of nitrogens with two attached hydrogens (primary N) is 1. The topological polar surface area (TPSA) is 44.5 Å². The third-order valence-electron chi connectivity index (χ3n) is 1.76. The van der Waals surface area contributed by atoms with Crippen molar-refractivity contribution in [3.8, 4) is 11.5 Å². The van der Waals surface area contributed by atoms with Crippen molar-refractivity contribution in [1.82, 2.24) is 0 Å². The molecule has 0 bridgehead atoms. The van der Waals surface area contributed by atoms with Crippen molar-refractivity contribution in [1.29, 1.82) is 0 Å². The van der Waals surface area contributed by atoms with E-state index in [1.807, 2.05) is 6.07 Å². The Balaban J connectivity index is 2.77. The molecule has 14 heavy (non-hydrogen) atoms. The summed E-state index contributed by atoms with van der Waals surface area (Å²) in [4.78, 5) is 0. The van der Waals surface area contributed by atoms with Crippen molar-refractivity contribution in [3.63, 3.8) is 0 Å². The molecule has 0 amide bonds. The summed E-state index contributed by atoms with van der Waals surface area (Å²) in [6, 6.07) is 5.38. The zero-order valence-corrected chi connectivity index (χ0v) is 8.91. The predicted molar refractivity (Wildman–Crippen MR) is 57.7 cm³/mol. The third kappa shape index (κ3) is 2.83. The van der Waals surface area contributed by atoms with Gasteiger partial charge in [0.1, 0.15) is 0 Å². The second kappa shape index (κ2) is 4.74. The normalized spacial score (nSPS) is 10.3. The summed E-state index contributed by atoms with van der Waals surface area (Å²) in [6.45, 7) is 4.86. The maximum absolute atomic E-state index is 5.65. The van der Waals surface area contributed by atoms with Gasteiger partial charge in [-0.05, 0) is 18.1 Å². The molecule has 0 unspecified atom stereocenters. The molecule has 0 heterocycles. The molecule has 0 aliphatic carbocycles. The fourth-order valence-electron chi connectivity index (χ4n) is 1.06. The Morgan fingerprint density at radius 1 is 1.29 bits per heavy atom. The van der Waals surface area contributed by atoms with Crippen molar-refractivity contribution in [2.45, 2.75) is 13.8 Å². The van der Waals surface area contributed by atoms with E-state index < -0.39 is 0 Å². The molecule has 0 aliphatic rings. The monoisotopic (exact) mass is 195 g/mol. The number of anilines is 1. The maximum Gasteiger partial charge on any atom is 0.163 e. The van der Waals surface area contributed by atoms with Gasteiger partial charge in [0.2, 0.25) is 0 Å². The van der Waals surface area contributed by atoms with Crippen molar-refractivity contribution >= 4 is 5.69 Å². The van der Waals surface area contributed by atoms with Crippen LogP contribution in [0.15, 0.2) is 18.2 Å². The lowest BCUT2D eigenvalue weighted by atomic mass is 10.2. The molecule has 78 valence electrons. The SMILES string of the molecule is COc1ccc(N)cc1OCC(C)C. The second-order valence-electron chi connectivity index (χ2n) is 3.62. The van der Waals surface area contributed by atoms with Crippen molar-refractivity contribution in [3.05, 3.63) is 18.2 Å². The lowest BCUT2D eigenvalue weighted by Crippen LogP contribution is -2.05. The van der Waals surface area contributed by atoms with Crippen molar-refractivity contribution in [2.75, 3.05) is 19.5 Å². The highest BCUT2D eigenvalue weighted by atomic mass is 16.5. The van der Waals surface area contributed by atoms with Crippen LogP contribution >= 0.6 is 0 Å². The first kappa shape index (κ1) is 10.7. The van der Waals surface area contributed by atoms with Gasteiger partial charge in [0, 0.05) is 11.8 Å². The number of hydrogen-bond donors (Lipinski definition) is 1. The van der Waals surface area contributed by atoms with Crippen LogP contribution in [0, 0.1) is 5.92 Å². The molecule has 0 spiro atoms. The first-order valence-electron chi connectivity index (χ1n) is 4.69. The van der Waals surface area contributed by atoms with Gasteiger partial charge in [-0.15, -0.1) is 0 Å². The Bertz CT molecular complexity index is 297. The molecule has 3 heteroatoms. The van der Waals surface area contributed by atoms with Gasteiger partial charge in [-0.1, -0.05) is 13.8 Å². The Morgan fingerprint density at radius 3 is 2.57 bits per heavy atom. The number of ether oxygens (including phenoxy) is 2. The lowest BCUT2D eigenvalue weighted by Gasteiger charge is -2.12. The summed E-state index contributed by atoms with van der Waals surface area (Å²) in [5, 5.41) is 0. The van der Waals surface area contributed by atoms with Gasteiger partial charge in [0.25, 0.3) is 0 Å². The average molecular weight is 195 g/mol. The first-order valence-corrected chi connectivity index (χ1v) is 4.69. The van der Waals surface area contributed by atoms with Crippen molar-refractivity contribution < 1.29 is 9.47 Å². The minimum Gasteiger partial charge on any atom is -0.493 e. The van der Waals surface area contributed by atoms with Crippen LogP contribution in [0.3, 0.4) is 0 Å². The molecular weight excluding hydrogens is 178 g/mol. The Labute approximate surface area is 84.8 Å². The van der Waals surface area contributed by atoms with Gasteiger partial charge < -0.3 is 15.2 Å². The number of rotatable bonds is 4. The summed E-state index contributed by atoms with van der Waals surface area (Å²) in [7, 11) is 1.62. The van der Waals surface area contributed by atoms with E-state index in [1.54, 1.807) is 19.2 Å². The zero-order chi connectivity index (χ0) is 10.6. The molecule has 3 nitrogen and oxygen atoms in total. The van der Waals surface area contributed by atoms with E-state index in [2.05, 4.69) is 13.8 Å². The van der Waals surface area contributed by atoms with E-state index in [4.69, 9.17) is 15.2 Å². The highest BCUT2D eigenvalue weighted by molar-refractivity contribution is 5.51. The first-order chi connectivity index (χ1) is 6.63. The minimum absolute atomic E-state index is 0.487. The molecule has 0 aliphatic heterocycles. The summed E-state index contributed by atoms with van der Waals surface area (Å²) >= 11 is 0. The highest BCUT2D eigenvalue weighted by Gasteiger charge is 2.05. The Morgan fingerprint density at radius 2 is 2.00 bits per heavy atom. The van der Waals surface area contributed by atoms with Gasteiger partial charge >= 0.3 is 0 Å². The fraction of sp³-hybridized carbons (Fsp3) is 0.455. The second-order valence-corrected chi connectivity index (χ2v) is 3.62. The van der Waals surface area contributed by atoms with E-state index in [0.717, 1.165) is 5.75 Å². The molecular formula is C11H17NO2. The van der Waals surface area contributed by atoms with Crippen LogP contribution in [0.1, 0.15) is 13.8 Å². The summed E-state index contributed by atoms with van der Waals surface area (Å²) in [5.41, 5.74) is 6.34. The van der Waals surface area contributed by atoms with Crippen LogP contribution in [-0.4, -0.2) is 13.7 Å². The molecule has 1 aromatic rings. The van der Waals surface area contributed by atoms with Crippen LogP contribution in [0.4, 0.5) is 5.69 Å². The minimum atomic E-state index is 0.487. The van der Waals surface area contributed by atoms with E-state index >= 15 is 0 Å². The lowest BCUT2D eigenvalue weighted by molar-refractivity contribution is 0.257. The predicted octanol–water partition coefficient (Wildman–Crippen LogP) is 2.31. The van der Waals surface area contributed by atoms with Gasteiger partial charge in [0.05, 0.1) is 13.7 Å². The Kier molecular flexibility index (Phi) is 3.63. The van der Waals surface area contributed by atoms with E-state index in [-0.39, 0.29) is 0 Å². The highest BCUT2D eigenvalue weighted by Crippen LogP contribution is 2.29. The van der Waals surface area contributed by atoms with Crippen LogP contribution in [0.25, 0.3) is 0 Å². The molecule has 0 atom stereocenters.